The van der Waals surface area contributed by atoms with Gasteiger partial charge in [0, 0.05) is 24.8 Å². The lowest BCUT2D eigenvalue weighted by atomic mass is 9.54. The Bertz CT molecular complexity index is 1030. The molecule has 2 saturated carbocycles. The molecule has 5 rings (SSSR count). The molecule has 0 aromatic heterocycles. The molecule has 0 saturated heterocycles. The number of hydrogen-bond donors (Lipinski definition) is 2. The topological polar surface area (TPSA) is 66.4 Å². The van der Waals surface area contributed by atoms with Crippen LogP contribution in [0, 0.1) is 23.2 Å². The Labute approximate surface area is 196 Å². The molecule has 0 radical (unpaired) electrons. The maximum atomic E-state index is 13.1. The number of Topliss-reactive ketones (excluding diaryl/α,β-unsaturated/α-hetero) is 1. The average molecular weight is 446 g/mol. The molecule has 0 heterocycles. The zero-order chi connectivity index (χ0) is 23.0. The molecular formula is C29H35NO3. The zero-order valence-electron chi connectivity index (χ0n) is 19.6. The Balaban J connectivity index is 1.23. The van der Waals surface area contributed by atoms with Crippen LogP contribution in [0.25, 0.3) is 0 Å². The van der Waals surface area contributed by atoms with Crippen molar-refractivity contribution in [2.45, 2.75) is 70.8 Å². The number of aromatic hydroxyl groups is 1. The number of phenols is 1. The third-order valence-electron chi connectivity index (χ3n) is 8.87. The molecule has 2 fully saturated rings. The van der Waals surface area contributed by atoms with Gasteiger partial charge in [-0.1, -0.05) is 43.3 Å². The number of phenolic OH excluding ortho intramolecular Hbond substituents is 1. The second-order valence-electron chi connectivity index (χ2n) is 10.7. The van der Waals surface area contributed by atoms with Crippen LogP contribution in [0.3, 0.4) is 0 Å². The number of carbonyl (C=O) groups is 2. The van der Waals surface area contributed by atoms with Gasteiger partial charge in [0.25, 0.3) is 0 Å². The smallest absolute Gasteiger partial charge is 0.220 e. The van der Waals surface area contributed by atoms with Crippen LogP contribution >= 0.6 is 0 Å². The molecule has 174 valence electrons. The minimum Gasteiger partial charge on any atom is -0.508 e. The van der Waals surface area contributed by atoms with Gasteiger partial charge in [0.15, 0.2) is 0 Å². The molecule has 2 aromatic carbocycles. The molecule has 3 aliphatic rings. The van der Waals surface area contributed by atoms with E-state index < -0.39 is 0 Å². The highest BCUT2D eigenvalue weighted by Crippen LogP contribution is 2.62. The minimum absolute atomic E-state index is 0.0962. The van der Waals surface area contributed by atoms with E-state index in [4.69, 9.17) is 0 Å². The zero-order valence-corrected chi connectivity index (χ0v) is 19.6. The number of ketones is 1. The van der Waals surface area contributed by atoms with E-state index in [2.05, 4.69) is 18.3 Å². The summed E-state index contributed by atoms with van der Waals surface area (Å²) in [5.41, 5.74) is 3.60. The number of fused-ring (bicyclic) bond motifs is 5. The van der Waals surface area contributed by atoms with Crippen molar-refractivity contribution in [3.8, 4) is 5.75 Å². The standard InChI is InChI=1S/C29H35NO3/c1-29-15-14-24-23-13-11-22(31)16-20(23)10-12-25(24)28(29)21(17-26(29)32)8-5-9-27(33)30-18-19-6-3-2-4-7-19/h2-4,6-7,11,13,16,21,24-25,28,31H,5,8-10,12,14-15,17-18H2,1H3,(H,30,33)/t21-,24-,25-,28+,29-/m1/s1. The van der Waals surface area contributed by atoms with Crippen LogP contribution in [-0.4, -0.2) is 16.8 Å². The van der Waals surface area contributed by atoms with Crippen molar-refractivity contribution >= 4 is 11.7 Å². The molecule has 0 unspecified atom stereocenters. The largest absolute Gasteiger partial charge is 0.508 e. The van der Waals surface area contributed by atoms with Gasteiger partial charge in [-0.15, -0.1) is 0 Å². The fourth-order valence-electron chi connectivity index (χ4n) is 7.30. The molecule has 2 N–H and O–H groups in total. The van der Waals surface area contributed by atoms with Gasteiger partial charge in [0.05, 0.1) is 0 Å². The second-order valence-corrected chi connectivity index (χ2v) is 10.7. The first-order chi connectivity index (χ1) is 16.0. The Hall–Kier alpha value is -2.62. The summed E-state index contributed by atoms with van der Waals surface area (Å²) >= 11 is 0. The summed E-state index contributed by atoms with van der Waals surface area (Å²) in [5, 5.41) is 13.0. The van der Waals surface area contributed by atoms with Gasteiger partial charge in [-0.25, -0.2) is 0 Å². The first kappa shape index (κ1) is 22.2. The van der Waals surface area contributed by atoms with Crippen LogP contribution < -0.4 is 5.32 Å². The SMILES string of the molecule is C[C@]12CC[C@@H]3c4ccc(O)cc4CC[C@H]3[C@@H]1[C@H](CCCC(=O)NCc1ccccc1)CC2=O. The van der Waals surface area contributed by atoms with E-state index in [0.29, 0.717) is 54.6 Å². The molecule has 4 nitrogen and oxygen atoms in total. The molecule has 5 atom stereocenters. The number of carbonyl (C=O) groups excluding carboxylic acids is 2. The molecule has 1 amide bonds. The summed E-state index contributed by atoms with van der Waals surface area (Å²) in [4.78, 5) is 25.5. The Morgan fingerprint density at radius 1 is 1.15 bits per heavy atom. The summed E-state index contributed by atoms with van der Waals surface area (Å²) in [5.74, 6) is 2.72. The van der Waals surface area contributed by atoms with Crippen molar-refractivity contribution in [2.24, 2.45) is 23.2 Å². The molecule has 2 aromatic rings. The van der Waals surface area contributed by atoms with Crippen LogP contribution in [0.5, 0.6) is 5.75 Å². The number of nitrogens with one attached hydrogen (secondary N) is 1. The number of hydrogen-bond acceptors (Lipinski definition) is 3. The highest BCUT2D eigenvalue weighted by atomic mass is 16.3. The van der Waals surface area contributed by atoms with Gasteiger partial charge in [-0.3, -0.25) is 9.59 Å². The van der Waals surface area contributed by atoms with Crippen LogP contribution in [0.1, 0.15) is 74.5 Å². The predicted octanol–water partition coefficient (Wildman–Crippen LogP) is 5.53. The van der Waals surface area contributed by atoms with Gasteiger partial charge >= 0.3 is 0 Å². The normalized spacial score (nSPS) is 30.3. The van der Waals surface area contributed by atoms with E-state index in [-0.39, 0.29) is 11.3 Å². The van der Waals surface area contributed by atoms with E-state index in [0.717, 1.165) is 44.1 Å². The van der Waals surface area contributed by atoms with Crippen LogP contribution in [0.4, 0.5) is 0 Å². The first-order valence-electron chi connectivity index (χ1n) is 12.6. The van der Waals surface area contributed by atoms with Crippen LogP contribution in [0.2, 0.25) is 0 Å². The Morgan fingerprint density at radius 3 is 2.79 bits per heavy atom. The molecule has 3 aliphatic carbocycles. The van der Waals surface area contributed by atoms with E-state index >= 15 is 0 Å². The van der Waals surface area contributed by atoms with Crippen LogP contribution in [0.15, 0.2) is 48.5 Å². The maximum Gasteiger partial charge on any atom is 0.220 e. The molecule has 0 bridgehead atoms. The molecular weight excluding hydrogens is 410 g/mol. The first-order valence-corrected chi connectivity index (χ1v) is 12.6. The van der Waals surface area contributed by atoms with Gasteiger partial charge in [-0.2, -0.15) is 0 Å². The highest BCUT2D eigenvalue weighted by Gasteiger charge is 2.58. The fourth-order valence-corrected chi connectivity index (χ4v) is 7.30. The minimum atomic E-state index is -0.199. The lowest BCUT2D eigenvalue weighted by Gasteiger charge is -2.50. The second kappa shape index (κ2) is 8.96. The average Bonchev–Trinajstić information content (AvgIpc) is 3.08. The lowest BCUT2D eigenvalue weighted by Crippen LogP contribution is -2.44. The fraction of sp³-hybridized carbons (Fsp3) is 0.517. The van der Waals surface area contributed by atoms with E-state index in [9.17, 15) is 14.7 Å². The van der Waals surface area contributed by atoms with Gasteiger partial charge in [-0.05, 0) is 91.0 Å². The summed E-state index contributed by atoms with van der Waals surface area (Å²) in [6.07, 6.45) is 7.11. The lowest BCUT2D eigenvalue weighted by molar-refractivity contribution is -0.129. The monoisotopic (exact) mass is 445 g/mol. The predicted molar refractivity (Wildman–Crippen MR) is 129 cm³/mol. The van der Waals surface area contributed by atoms with Crippen LogP contribution in [-0.2, 0) is 22.6 Å². The molecule has 0 aliphatic heterocycles. The summed E-state index contributed by atoms with van der Waals surface area (Å²) in [6.45, 7) is 2.79. The van der Waals surface area contributed by atoms with Crippen molar-refractivity contribution in [3.63, 3.8) is 0 Å². The van der Waals surface area contributed by atoms with Crippen molar-refractivity contribution in [1.82, 2.24) is 5.32 Å². The number of benzene rings is 2. The van der Waals surface area contributed by atoms with Crippen molar-refractivity contribution < 1.29 is 14.7 Å². The summed E-state index contributed by atoms with van der Waals surface area (Å²) in [6, 6.07) is 15.9. The van der Waals surface area contributed by atoms with Gasteiger partial charge in [0.2, 0.25) is 5.91 Å². The number of aryl methyl sites for hydroxylation is 1. The maximum absolute atomic E-state index is 13.1. The third kappa shape index (κ3) is 4.20. The van der Waals surface area contributed by atoms with E-state index in [1.807, 2.05) is 42.5 Å². The van der Waals surface area contributed by atoms with Gasteiger partial charge < -0.3 is 10.4 Å². The van der Waals surface area contributed by atoms with E-state index in [1.165, 1.54) is 11.1 Å². The van der Waals surface area contributed by atoms with Crippen molar-refractivity contribution in [3.05, 3.63) is 65.2 Å². The molecule has 0 spiro atoms. The quantitative estimate of drug-likeness (QED) is 0.614. The third-order valence-corrected chi connectivity index (χ3v) is 8.87. The highest BCUT2D eigenvalue weighted by molar-refractivity contribution is 5.87. The van der Waals surface area contributed by atoms with E-state index in [1.54, 1.807) is 0 Å². The van der Waals surface area contributed by atoms with Crippen molar-refractivity contribution in [1.29, 1.82) is 0 Å². The Morgan fingerprint density at radius 2 is 1.97 bits per heavy atom. The number of amides is 1. The Kier molecular flexibility index (Phi) is 6.03. The summed E-state index contributed by atoms with van der Waals surface area (Å²) < 4.78 is 0. The van der Waals surface area contributed by atoms with Crippen molar-refractivity contribution in [2.75, 3.05) is 0 Å². The van der Waals surface area contributed by atoms with Gasteiger partial charge in [0.1, 0.15) is 11.5 Å². The molecule has 33 heavy (non-hydrogen) atoms. The summed E-state index contributed by atoms with van der Waals surface area (Å²) in [7, 11) is 0. The molecule has 4 heteroatoms. The number of rotatable bonds is 6.